The van der Waals surface area contributed by atoms with Gasteiger partial charge in [0, 0.05) is 29.9 Å². The minimum absolute atomic E-state index is 0.115. The molecule has 19 heavy (non-hydrogen) atoms. The molecule has 0 aliphatic rings. The standard InChI is InChI=1S/C14H15ClFN3/c1-8-11(7-17)9(2)19-13(18-8)6-10-4-3-5-12(15)14(10)16/h3-5H,6-7,17H2,1-2H3. The van der Waals surface area contributed by atoms with Gasteiger partial charge < -0.3 is 5.73 Å². The number of halogens is 2. The van der Waals surface area contributed by atoms with Crippen molar-refractivity contribution in [1.82, 2.24) is 9.97 Å². The molecule has 3 nitrogen and oxygen atoms in total. The molecule has 0 atom stereocenters. The van der Waals surface area contributed by atoms with Crippen LogP contribution >= 0.6 is 11.6 Å². The zero-order chi connectivity index (χ0) is 14.0. The summed E-state index contributed by atoms with van der Waals surface area (Å²) in [5, 5.41) is 0.115. The van der Waals surface area contributed by atoms with Crippen molar-refractivity contribution in [2.75, 3.05) is 0 Å². The van der Waals surface area contributed by atoms with E-state index in [1.807, 2.05) is 13.8 Å². The van der Waals surface area contributed by atoms with Crippen LogP contribution in [0.15, 0.2) is 18.2 Å². The fourth-order valence-corrected chi connectivity index (χ4v) is 2.23. The Morgan fingerprint density at radius 3 is 2.42 bits per heavy atom. The fraction of sp³-hybridized carbons (Fsp3) is 0.286. The van der Waals surface area contributed by atoms with Crippen LogP contribution in [0.25, 0.3) is 0 Å². The lowest BCUT2D eigenvalue weighted by Crippen LogP contribution is -2.09. The van der Waals surface area contributed by atoms with Crippen molar-refractivity contribution < 1.29 is 4.39 Å². The maximum absolute atomic E-state index is 13.8. The van der Waals surface area contributed by atoms with E-state index in [0.29, 0.717) is 24.4 Å². The second-order valence-electron chi connectivity index (χ2n) is 4.38. The van der Waals surface area contributed by atoms with Crippen molar-refractivity contribution in [1.29, 1.82) is 0 Å². The van der Waals surface area contributed by atoms with E-state index in [2.05, 4.69) is 9.97 Å². The van der Waals surface area contributed by atoms with Gasteiger partial charge in [-0.1, -0.05) is 23.7 Å². The first-order chi connectivity index (χ1) is 9.02. The van der Waals surface area contributed by atoms with Crippen LogP contribution in [0.1, 0.15) is 28.3 Å². The molecule has 0 saturated carbocycles. The zero-order valence-corrected chi connectivity index (χ0v) is 11.6. The summed E-state index contributed by atoms with van der Waals surface area (Å²) in [7, 11) is 0. The van der Waals surface area contributed by atoms with E-state index in [1.165, 1.54) is 6.07 Å². The minimum atomic E-state index is -0.411. The Morgan fingerprint density at radius 2 is 1.84 bits per heavy atom. The lowest BCUT2D eigenvalue weighted by atomic mass is 10.1. The van der Waals surface area contributed by atoms with Crippen LogP contribution in [0.3, 0.4) is 0 Å². The quantitative estimate of drug-likeness (QED) is 0.940. The number of hydrogen-bond donors (Lipinski definition) is 1. The molecule has 0 amide bonds. The van der Waals surface area contributed by atoms with Crippen molar-refractivity contribution in [3.8, 4) is 0 Å². The highest BCUT2D eigenvalue weighted by atomic mass is 35.5. The molecule has 0 unspecified atom stereocenters. The largest absolute Gasteiger partial charge is 0.326 e. The molecule has 1 heterocycles. The number of rotatable bonds is 3. The van der Waals surface area contributed by atoms with Crippen LogP contribution in [0.5, 0.6) is 0 Å². The molecule has 0 aliphatic heterocycles. The molecule has 0 spiro atoms. The van der Waals surface area contributed by atoms with Gasteiger partial charge in [-0.05, 0) is 25.5 Å². The van der Waals surface area contributed by atoms with E-state index in [1.54, 1.807) is 12.1 Å². The van der Waals surface area contributed by atoms with Gasteiger partial charge in [-0.15, -0.1) is 0 Å². The van der Waals surface area contributed by atoms with E-state index in [0.717, 1.165) is 17.0 Å². The average molecular weight is 280 g/mol. The van der Waals surface area contributed by atoms with Crippen molar-refractivity contribution >= 4 is 11.6 Å². The second-order valence-corrected chi connectivity index (χ2v) is 4.79. The van der Waals surface area contributed by atoms with Crippen molar-refractivity contribution in [2.24, 2.45) is 5.73 Å². The molecule has 0 fully saturated rings. The van der Waals surface area contributed by atoms with E-state index in [4.69, 9.17) is 17.3 Å². The van der Waals surface area contributed by atoms with Crippen LogP contribution < -0.4 is 5.73 Å². The van der Waals surface area contributed by atoms with E-state index in [9.17, 15) is 4.39 Å². The van der Waals surface area contributed by atoms with Gasteiger partial charge in [0.1, 0.15) is 11.6 Å². The Balaban J connectivity index is 2.36. The lowest BCUT2D eigenvalue weighted by molar-refractivity contribution is 0.612. The first-order valence-electron chi connectivity index (χ1n) is 5.99. The van der Waals surface area contributed by atoms with Crippen LogP contribution in [0, 0.1) is 19.7 Å². The van der Waals surface area contributed by atoms with Gasteiger partial charge in [-0.2, -0.15) is 0 Å². The Morgan fingerprint density at radius 1 is 1.21 bits per heavy atom. The molecule has 2 rings (SSSR count). The van der Waals surface area contributed by atoms with Crippen molar-refractivity contribution in [3.63, 3.8) is 0 Å². The molecule has 0 radical (unpaired) electrons. The van der Waals surface area contributed by atoms with E-state index in [-0.39, 0.29) is 5.02 Å². The summed E-state index contributed by atoms with van der Waals surface area (Å²) in [6.07, 6.45) is 0.318. The monoisotopic (exact) mass is 279 g/mol. The number of benzene rings is 1. The molecule has 0 saturated heterocycles. The molecule has 1 aromatic heterocycles. The van der Waals surface area contributed by atoms with Gasteiger partial charge in [-0.3, -0.25) is 0 Å². The normalized spacial score (nSPS) is 10.8. The van der Waals surface area contributed by atoms with Crippen molar-refractivity contribution in [3.05, 3.63) is 57.4 Å². The smallest absolute Gasteiger partial charge is 0.145 e. The zero-order valence-electron chi connectivity index (χ0n) is 10.9. The number of aryl methyl sites for hydroxylation is 2. The summed E-state index contributed by atoms with van der Waals surface area (Å²) in [6, 6.07) is 4.93. The fourth-order valence-electron chi connectivity index (χ4n) is 2.04. The third-order valence-corrected chi connectivity index (χ3v) is 3.34. The summed E-state index contributed by atoms with van der Waals surface area (Å²) < 4.78 is 13.8. The molecule has 2 N–H and O–H groups in total. The number of aromatic nitrogens is 2. The highest BCUT2D eigenvalue weighted by Gasteiger charge is 2.11. The van der Waals surface area contributed by atoms with Gasteiger partial charge in [-0.25, -0.2) is 14.4 Å². The van der Waals surface area contributed by atoms with E-state index >= 15 is 0 Å². The maximum atomic E-state index is 13.8. The van der Waals surface area contributed by atoms with Gasteiger partial charge >= 0.3 is 0 Å². The Kier molecular flexibility index (Phi) is 4.12. The summed E-state index contributed by atoms with van der Waals surface area (Å²) in [5.41, 5.74) is 8.75. The maximum Gasteiger partial charge on any atom is 0.145 e. The predicted octanol–water partition coefficient (Wildman–Crippen LogP) is 2.94. The molecule has 0 aliphatic carbocycles. The van der Waals surface area contributed by atoms with Crippen LogP contribution in [-0.4, -0.2) is 9.97 Å². The summed E-state index contributed by atoms with van der Waals surface area (Å²) in [4.78, 5) is 8.74. The lowest BCUT2D eigenvalue weighted by Gasteiger charge is -2.09. The Hall–Kier alpha value is -1.52. The first kappa shape index (κ1) is 13.9. The van der Waals surface area contributed by atoms with Crippen LogP contribution in [0.2, 0.25) is 5.02 Å². The molecular formula is C14H15ClFN3. The SMILES string of the molecule is Cc1nc(Cc2cccc(Cl)c2F)nc(C)c1CN. The predicted molar refractivity (Wildman–Crippen MR) is 73.6 cm³/mol. The number of hydrogen-bond acceptors (Lipinski definition) is 3. The molecule has 0 bridgehead atoms. The van der Waals surface area contributed by atoms with Crippen molar-refractivity contribution in [2.45, 2.75) is 26.8 Å². The number of nitrogens with two attached hydrogens (primary N) is 1. The summed E-state index contributed by atoms with van der Waals surface area (Å²) in [5.74, 6) is 0.166. The number of nitrogens with zero attached hydrogens (tertiary/aromatic N) is 2. The molecular weight excluding hydrogens is 265 g/mol. The van der Waals surface area contributed by atoms with Crippen LogP contribution in [0.4, 0.5) is 4.39 Å². The first-order valence-corrected chi connectivity index (χ1v) is 6.36. The highest BCUT2D eigenvalue weighted by Crippen LogP contribution is 2.20. The van der Waals surface area contributed by atoms with Gasteiger partial charge in [0.15, 0.2) is 0 Å². The average Bonchev–Trinajstić information content (AvgIpc) is 2.35. The minimum Gasteiger partial charge on any atom is -0.326 e. The second kappa shape index (κ2) is 5.63. The Labute approximate surface area is 116 Å². The highest BCUT2D eigenvalue weighted by molar-refractivity contribution is 6.30. The van der Waals surface area contributed by atoms with Crippen LogP contribution in [-0.2, 0) is 13.0 Å². The van der Waals surface area contributed by atoms with Gasteiger partial charge in [0.2, 0.25) is 0 Å². The third kappa shape index (κ3) is 2.91. The third-order valence-electron chi connectivity index (χ3n) is 3.05. The topological polar surface area (TPSA) is 51.8 Å². The van der Waals surface area contributed by atoms with Gasteiger partial charge in [0.25, 0.3) is 0 Å². The summed E-state index contributed by atoms with van der Waals surface area (Å²) in [6.45, 7) is 4.17. The Bertz CT molecular complexity index is 591. The molecule has 1 aromatic carbocycles. The van der Waals surface area contributed by atoms with E-state index < -0.39 is 5.82 Å². The van der Waals surface area contributed by atoms with Gasteiger partial charge in [0.05, 0.1) is 5.02 Å². The molecule has 5 heteroatoms. The molecule has 100 valence electrons. The molecule has 2 aromatic rings. The summed E-state index contributed by atoms with van der Waals surface area (Å²) >= 11 is 5.76.